The lowest BCUT2D eigenvalue weighted by Crippen LogP contribution is -2.39. The zero-order chi connectivity index (χ0) is 20.2. The van der Waals surface area contributed by atoms with Gasteiger partial charge >= 0.3 is 0 Å². The summed E-state index contributed by atoms with van der Waals surface area (Å²) in [6.07, 6.45) is 1.65. The smallest absolute Gasteiger partial charge is 0.244 e. The second-order valence-corrected chi connectivity index (χ2v) is 8.80. The predicted molar refractivity (Wildman–Crippen MR) is 108 cm³/mol. The predicted octanol–water partition coefficient (Wildman–Crippen LogP) is 3.33. The fourth-order valence-corrected chi connectivity index (χ4v) is 2.46. The molecule has 0 atom stereocenters. The Morgan fingerprint density at radius 2 is 1.63 bits per heavy atom. The molecule has 0 aliphatic carbocycles. The average Bonchev–Trinajstić information content (AvgIpc) is 2.98. The number of nitrogens with one attached hydrogen (secondary N) is 2. The van der Waals surface area contributed by atoms with Gasteiger partial charge in [-0.2, -0.15) is 5.10 Å². The maximum absolute atomic E-state index is 12.1. The molecule has 1 aromatic carbocycles. The van der Waals surface area contributed by atoms with Crippen molar-refractivity contribution in [1.29, 1.82) is 0 Å². The molecule has 2 aromatic rings. The van der Waals surface area contributed by atoms with Crippen molar-refractivity contribution < 1.29 is 9.59 Å². The van der Waals surface area contributed by atoms with Crippen molar-refractivity contribution in [3.8, 4) is 0 Å². The van der Waals surface area contributed by atoms with E-state index < -0.39 is 5.41 Å². The third-order valence-corrected chi connectivity index (χ3v) is 4.23. The number of aromatic nitrogens is 2. The normalized spacial score (nSPS) is 11.9. The van der Waals surface area contributed by atoms with Crippen LogP contribution in [0.1, 0.15) is 52.7 Å². The Bertz CT molecular complexity index is 793. The van der Waals surface area contributed by atoms with E-state index in [1.807, 2.05) is 0 Å². The first-order chi connectivity index (χ1) is 12.5. The minimum absolute atomic E-state index is 0.0679. The first kappa shape index (κ1) is 20.7. The van der Waals surface area contributed by atoms with Crippen molar-refractivity contribution in [2.45, 2.75) is 53.5 Å². The number of rotatable bonds is 5. The van der Waals surface area contributed by atoms with Gasteiger partial charge in [-0.15, -0.1) is 0 Å². The lowest BCUT2D eigenvalue weighted by molar-refractivity contribution is -0.130. The lowest BCUT2D eigenvalue weighted by atomic mass is 9.87. The third-order valence-electron chi connectivity index (χ3n) is 4.23. The van der Waals surface area contributed by atoms with Crippen LogP contribution >= 0.6 is 0 Å². The quantitative estimate of drug-likeness (QED) is 0.848. The molecule has 0 saturated heterocycles. The van der Waals surface area contributed by atoms with E-state index in [9.17, 15) is 9.59 Å². The van der Waals surface area contributed by atoms with Crippen molar-refractivity contribution in [3.05, 3.63) is 47.7 Å². The Labute approximate surface area is 161 Å². The molecule has 0 aliphatic heterocycles. The number of carbonyl (C=O) groups excluding carboxylic acids is 2. The summed E-state index contributed by atoms with van der Waals surface area (Å²) in [5, 5.41) is 9.73. The van der Waals surface area contributed by atoms with Gasteiger partial charge in [0.2, 0.25) is 11.8 Å². The first-order valence-electron chi connectivity index (χ1n) is 9.16. The van der Waals surface area contributed by atoms with Crippen LogP contribution in [0.3, 0.4) is 0 Å². The Hall–Kier alpha value is -2.63. The number of carbonyl (C=O) groups is 2. The molecule has 0 radical (unpaired) electrons. The maximum Gasteiger partial charge on any atom is 0.244 e. The zero-order valence-electron chi connectivity index (χ0n) is 17.1. The average molecular weight is 370 g/mol. The number of nitrogens with zero attached hydrogens (tertiary/aromatic N) is 2. The first-order valence-corrected chi connectivity index (χ1v) is 9.16. The molecule has 2 amide bonds. The van der Waals surface area contributed by atoms with E-state index in [2.05, 4.69) is 60.8 Å². The van der Waals surface area contributed by atoms with Gasteiger partial charge in [0.25, 0.3) is 0 Å². The molecule has 0 unspecified atom stereocenters. The van der Waals surface area contributed by atoms with Gasteiger partial charge in [0.05, 0.1) is 19.3 Å². The molecule has 27 heavy (non-hydrogen) atoms. The van der Waals surface area contributed by atoms with Crippen LogP contribution in [0.4, 0.5) is 5.82 Å². The Morgan fingerprint density at radius 3 is 2.19 bits per heavy atom. The summed E-state index contributed by atoms with van der Waals surface area (Å²) in [6, 6.07) is 10.2. The molecule has 2 N–H and O–H groups in total. The lowest BCUT2D eigenvalue weighted by Gasteiger charge is -2.19. The second-order valence-electron chi connectivity index (χ2n) is 8.80. The molecule has 0 fully saturated rings. The number of anilines is 1. The highest BCUT2D eigenvalue weighted by Gasteiger charge is 2.21. The van der Waals surface area contributed by atoms with E-state index in [-0.39, 0.29) is 23.8 Å². The Kier molecular flexibility index (Phi) is 6.08. The topological polar surface area (TPSA) is 76.0 Å². The Balaban J connectivity index is 1.97. The summed E-state index contributed by atoms with van der Waals surface area (Å²) in [5.74, 6) is 0.160. The van der Waals surface area contributed by atoms with Gasteiger partial charge in [0.15, 0.2) is 0 Å². The molecule has 146 valence electrons. The highest BCUT2D eigenvalue weighted by Crippen LogP contribution is 2.22. The second kappa shape index (κ2) is 7.94. The van der Waals surface area contributed by atoms with Gasteiger partial charge in [-0.1, -0.05) is 65.8 Å². The van der Waals surface area contributed by atoms with Crippen LogP contribution < -0.4 is 10.6 Å². The molecule has 0 spiro atoms. The summed E-state index contributed by atoms with van der Waals surface area (Å²) in [5.41, 5.74) is 1.96. The number of hydrogen-bond acceptors (Lipinski definition) is 3. The largest absolute Gasteiger partial charge is 0.347 e. The van der Waals surface area contributed by atoms with Crippen molar-refractivity contribution >= 4 is 17.6 Å². The van der Waals surface area contributed by atoms with Gasteiger partial charge in [-0.25, -0.2) is 4.68 Å². The van der Waals surface area contributed by atoms with Crippen LogP contribution in [0, 0.1) is 5.41 Å². The molecular formula is C21H30N4O2. The Morgan fingerprint density at radius 1 is 1.00 bits per heavy atom. The highest BCUT2D eigenvalue weighted by molar-refractivity contribution is 5.94. The van der Waals surface area contributed by atoms with Gasteiger partial charge in [0, 0.05) is 11.5 Å². The van der Waals surface area contributed by atoms with Crippen LogP contribution in [0.15, 0.2) is 36.5 Å². The molecule has 0 aliphatic rings. The molecule has 2 rings (SSSR count). The van der Waals surface area contributed by atoms with Gasteiger partial charge in [-0.3, -0.25) is 9.59 Å². The van der Waals surface area contributed by atoms with Gasteiger partial charge in [0.1, 0.15) is 5.82 Å². The van der Waals surface area contributed by atoms with Gasteiger partial charge in [-0.05, 0) is 16.5 Å². The molecular weight excluding hydrogens is 340 g/mol. The van der Waals surface area contributed by atoms with E-state index in [0.29, 0.717) is 12.4 Å². The number of benzene rings is 1. The minimum atomic E-state index is -0.527. The maximum atomic E-state index is 12.1. The number of amides is 2. The standard InChI is InChI=1S/C21H30N4O2/c1-20(2,3)16-9-7-15(8-10-16)14-25-17(11-12-23-25)24-18(26)13-22-19(27)21(4,5)6/h7-12H,13-14H2,1-6H3,(H,22,27)(H,24,26). The molecule has 0 bridgehead atoms. The van der Waals surface area contributed by atoms with Crippen LogP contribution in [0.25, 0.3) is 0 Å². The minimum Gasteiger partial charge on any atom is -0.347 e. The van der Waals surface area contributed by atoms with E-state index in [1.54, 1.807) is 37.7 Å². The van der Waals surface area contributed by atoms with Crippen molar-refractivity contribution in [2.24, 2.45) is 5.41 Å². The van der Waals surface area contributed by atoms with E-state index in [0.717, 1.165) is 5.56 Å². The fraction of sp³-hybridized carbons (Fsp3) is 0.476. The molecule has 0 saturated carbocycles. The van der Waals surface area contributed by atoms with E-state index in [4.69, 9.17) is 0 Å². The summed E-state index contributed by atoms with van der Waals surface area (Å²) in [6.45, 7) is 12.5. The van der Waals surface area contributed by atoms with Crippen molar-refractivity contribution in [3.63, 3.8) is 0 Å². The van der Waals surface area contributed by atoms with Crippen LogP contribution in [-0.2, 0) is 21.5 Å². The summed E-state index contributed by atoms with van der Waals surface area (Å²) in [7, 11) is 0. The summed E-state index contributed by atoms with van der Waals surface area (Å²) >= 11 is 0. The monoisotopic (exact) mass is 370 g/mol. The van der Waals surface area contributed by atoms with Crippen molar-refractivity contribution in [1.82, 2.24) is 15.1 Å². The number of hydrogen-bond donors (Lipinski definition) is 2. The highest BCUT2D eigenvalue weighted by atomic mass is 16.2. The molecule has 1 aromatic heterocycles. The van der Waals surface area contributed by atoms with Crippen LogP contribution in [-0.4, -0.2) is 28.1 Å². The zero-order valence-corrected chi connectivity index (χ0v) is 17.1. The molecule has 6 nitrogen and oxygen atoms in total. The third kappa shape index (κ3) is 5.94. The van der Waals surface area contributed by atoms with Crippen LogP contribution in [0.2, 0.25) is 0 Å². The molecule has 1 heterocycles. The van der Waals surface area contributed by atoms with Gasteiger partial charge < -0.3 is 10.6 Å². The summed E-state index contributed by atoms with van der Waals surface area (Å²) < 4.78 is 1.73. The molecule has 6 heteroatoms. The van der Waals surface area contributed by atoms with Crippen molar-refractivity contribution in [2.75, 3.05) is 11.9 Å². The van der Waals surface area contributed by atoms with Crippen LogP contribution in [0.5, 0.6) is 0 Å². The SMILES string of the molecule is CC(C)(C)C(=O)NCC(=O)Nc1ccnn1Cc1ccc(C(C)(C)C)cc1. The summed E-state index contributed by atoms with van der Waals surface area (Å²) in [4.78, 5) is 24.0. The fourth-order valence-electron chi connectivity index (χ4n) is 2.46. The van der Waals surface area contributed by atoms with E-state index in [1.165, 1.54) is 5.56 Å². The van der Waals surface area contributed by atoms with E-state index >= 15 is 0 Å².